The molecule has 0 aromatic rings. The summed E-state index contributed by atoms with van der Waals surface area (Å²) in [6, 6.07) is 0. The molecule has 0 aromatic heterocycles. The van der Waals surface area contributed by atoms with Gasteiger partial charge in [0.05, 0.1) is 0 Å². The first kappa shape index (κ1) is 8.58. The molecule has 9 heavy (non-hydrogen) atoms. The molecule has 0 unspecified atom stereocenters. The Morgan fingerprint density at radius 1 is 1.11 bits per heavy atom. The van der Waals surface area contributed by atoms with E-state index in [1.54, 1.807) is 0 Å². The van der Waals surface area contributed by atoms with Crippen LogP contribution in [0.4, 0.5) is 0 Å². The molecule has 0 saturated carbocycles. The molecule has 0 atom stereocenters. The van der Waals surface area contributed by atoms with Crippen molar-refractivity contribution in [3.63, 3.8) is 0 Å². The second-order valence-corrected chi connectivity index (χ2v) is 2.15. The highest BCUT2D eigenvalue weighted by molar-refractivity contribution is 5.85. The van der Waals surface area contributed by atoms with Crippen molar-refractivity contribution in [2.75, 3.05) is 13.1 Å². The minimum atomic E-state index is 0. The normalized spacial score (nSPS) is 17.9. The largest absolute Gasteiger partial charge is 0.311 e. The number of halogens is 1. The molecule has 52 valence electrons. The van der Waals surface area contributed by atoms with E-state index in [1.807, 2.05) is 4.90 Å². The molecule has 1 rings (SSSR count). The zero-order valence-corrected chi connectivity index (χ0v) is 6.15. The highest BCUT2D eigenvalue weighted by Gasteiger charge is 2.05. The molecule has 0 bridgehead atoms. The molecule has 1 aliphatic heterocycles. The van der Waals surface area contributed by atoms with Crippen molar-refractivity contribution in [1.29, 1.82) is 5.26 Å². The van der Waals surface area contributed by atoms with Crippen LogP contribution in [0.3, 0.4) is 0 Å². The molecule has 0 spiro atoms. The first-order valence-corrected chi connectivity index (χ1v) is 3.08. The minimum Gasteiger partial charge on any atom is -0.311 e. The van der Waals surface area contributed by atoms with Crippen LogP contribution in [-0.2, 0) is 0 Å². The van der Waals surface area contributed by atoms with Crippen molar-refractivity contribution in [3.8, 4) is 6.19 Å². The number of piperidine rings is 1. The van der Waals surface area contributed by atoms with E-state index < -0.39 is 0 Å². The van der Waals surface area contributed by atoms with Gasteiger partial charge in [-0.3, -0.25) is 0 Å². The quantitative estimate of drug-likeness (QED) is 0.483. The first-order chi connectivity index (χ1) is 3.93. The number of nitrogens with zero attached hydrogens (tertiary/aromatic N) is 2. The number of rotatable bonds is 0. The van der Waals surface area contributed by atoms with Gasteiger partial charge in [0, 0.05) is 13.1 Å². The summed E-state index contributed by atoms with van der Waals surface area (Å²) in [6.07, 6.45) is 5.84. The van der Waals surface area contributed by atoms with Crippen LogP contribution >= 0.6 is 12.4 Å². The third kappa shape index (κ3) is 2.57. The average Bonchev–Trinajstić information content (AvgIpc) is 1.90. The number of likely N-dealkylation sites (tertiary alicyclic amines) is 1. The average molecular weight is 147 g/mol. The van der Waals surface area contributed by atoms with Gasteiger partial charge in [0.15, 0.2) is 6.19 Å². The predicted octanol–water partition coefficient (Wildman–Crippen LogP) is 1.38. The zero-order chi connectivity index (χ0) is 5.82. The fraction of sp³-hybridized carbons (Fsp3) is 0.833. The molecule has 1 heterocycles. The van der Waals surface area contributed by atoms with Gasteiger partial charge in [-0.25, -0.2) is 0 Å². The van der Waals surface area contributed by atoms with Gasteiger partial charge in [0.1, 0.15) is 0 Å². The maximum absolute atomic E-state index is 8.37. The Labute approximate surface area is 61.9 Å². The molecule has 2 nitrogen and oxygen atoms in total. The summed E-state index contributed by atoms with van der Waals surface area (Å²) in [5, 5.41) is 8.37. The van der Waals surface area contributed by atoms with Crippen LogP contribution < -0.4 is 0 Å². The van der Waals surface area contributed by atoms with Gasteiger partial charge in [0.2, 0.25) is 0 Å². The molecule has 1 saturated heterocycles. The van der Waals surface area contributed by atoms with Gasteiger partial charge in [-0.15, -0.1) is 12.4 Å². The third-order valence-electron chi connectivity index (χ3n) is 1.50. The molecular formula is C6H11ClN2. The fourth-order valence-electron chi connectivity index (χ4n) is 0.994. The smallest absolute Gasteiger partial charge is 0.179 e. The Morgan fingerprint density at radius 3 is 2.00 bits per heavy atom. The number of hydrogen-bond donors (Lipinski definition) is 0. The lowest BCUT2D eigenvalue weighted by Crippen LogP contribution is -2.24. The van der Waals surface area contributed by atoms with Crippen molar-refractivity contribution in [2.45, 2.75) is 19.3 Å². The topological polar surface area (TPSA) is 27.0 Å². The highest BCUT2D eigenvalue weighted by Crippen LogP contribution is 2.05. The van der Waals surface area contributed by atoms with Gasteiger partial charge in [-0.05, 0) is 19.3 Å². The van der Waals surface area contributed by atoms with Crippen LogP contribution in [0.2, 0.25) is 0 Å². The van der Waals surface area contributed by atoms with Gasteiger partial charge >= 0.3 is 0 Å². The van der Waals surface area contributed by atoms with E-state index in [0.29, 0.717) is 0 Å². The second-order valence-electron chi connectivity index (χ2n) is 2.15. The molecule has 1 fully saturated rings. The summed E-state index contributed by atoms with van der Waals surface area (Å²) < 4.78 is 0. The lowest BCUT2D eigenvalue weighted by molar-refractivity contribution is 0.322. The van der Waals surface area contributed by atoms with Crippen molar-refractivity contribution in [2.24, 2.45) is 0 Å². The molecular weight excluding hydrogens is 136 g/mol. The Hall–Kier alpha value is -0.420. The van der Waals surface area contributed by atoms with E-state index in [0.717, 1.165) is 13.1 Å². The maximum atomic E-state index is 8.37. The van der Waals surface area contributed by atoms with Crippen molar-refractivity contribution < 1.29 is 0 Å². The summed E-state index contributed by atoms with van der Waals surface area (Å²) in [6.45, 7) is 1.97. The predicted molar refractivity (Wildman–Crippen MR) is 38.3 cm³/mol. The van der Waals surface area contributed by atoms with Crippen molar-refractivity contribution in [1.82, 2.24) is 4.90 Å². The van der Waals surface area contributed by atoms with Crippen molar-refractivity contribution in [3.05, 3.63) is 0 Å². The molecule has 0 amide bonds. The van der Waals surface area contributed by atoms with Crippen LogP contribution in [0.15, 0.2) is 0 Å². The van der Waals surface area contributed by atoms with Gasteiger partial charge in [-0.2, -0.15) is 5.26 Å². The standard InChI is InChI=1S/C6H10N2.ClH/c7-6-8-4-2-1-3-5-8;/h1-5H2;1H. The van der Waals surface area contributed by atoms with Crippen LogP contribution in [0.1, 0.15) is 19.3 Å². The molecule has 0 radical (unpaired) electrons. The van der Waals surface area contributed by atoms with Gasteiger partial charge in [-0.1, -0.05) is 0 Å². The molecule has 3 heteroatoms. The number of hydrogen-bond acceptors (Lipinski definition) is 2. The minimum absolute atomic E-state index is 0. The maximum Gasteiger partial charge on any atom is 0.179 e. The SMILES string of the molecule is Cl.N#CN1CCCCC1. The summed E-state index contributed by atoms with van der Waals surface area (Å²) in [5.74, 6) is 0. The Balaban J connectivity index is 0.000000640. The van der Waals surface area contributed by atoms with Crippen LogP contribution in [0, 0.1) is 11.5 Å². The van der Waals surface area contributed by atoms with E-state index in [-0.39, 0.29) is 12.4 Å². The van der Waals surface area contributed by atoms with Crippen LogP contribution in [0.5, 0.6) is 0 Å². The van der Waals surface area contributed by atoms with Crippen LogP contribution in [0.25, 0.3) is 0 Å². The molecule has 0 N–H and O–H groups in total. The summed E-state index contributed by atoms with van der Waals surface area (Å²) in [4.78, 5) is 1.82. The fourth-order valence-corrected chi connectivity index (χ4v) is 0.994. The third-order valence-corrected chi connectivity index (χ3v) is 1.50. The van der Waals surface area contributed by atoms with E-state index in [9.17, 15) is 0 Å². The van der Waals surface area contributed by atoms with E-state index in [4.69, 9.17) is 5.26 Å². The van der Waals surface area contributed by atoms with Gasteiger partial charge < -0.3 is 4.90 Å². The highest BCUT2D eigenvalue weighted by atomic mass is 35.5. The molecule has 0 aromatic carbocycles. The lowest BCUT2D eigenvalue weighted by atomic mass is 10.1. The molecule has 0 aliphatic carbocycles. The van der Waals surface area contributed by atoms with E-state index >= 15 is 0 Å². The van der Waals surface area contributed by atoms with E-state index in [1.165, 1.54) is 19.3 Å². The van der Waals surface area contributed by atoms with Crippen molar-refractivity contribution >= 4 is 12.4 Å². The molecule has 1 aliphatic rings. The lowest BCUT2D eigenvalue weighted by Gasteiger charge is -2.19. The van der Waals surface area contributed by atoms with Gasteiger partial charge in [0.25, 0.3) is 0 Å². The Morgan fingerprint density at radius 2 is 1.67 bits per heavy atom. The summed E-state index contributed by atoms with van der Waals surface area (Å²) >= 11 is 0. The summed E-state index contributed by atoms with van der Waals surface area (Å²) in [5.41, 5.74) is 0. The first-order valence-electron chi connectivity index (χ1n) is 3.08. The Bertz CT molecular complexity index is 102. The summed E-state index contributed by atoms with van der Waals surface area (Å²) in [7, 11) is 0. The monoisotopic (exact) mass is 146 g/mol. The van der Waals surface area contributed by atoms with Crippen LogP contribution in [-0.4, -0.2) is 18.0 Å². The Kier molecular flexibility index (Phi) is 4.25. The second kappa shape index (κ2) is 4.46. The number of nitriles is 1. The zero-order valence-electron chi connectivity index (χ0n) is 5.34. The van der Waals surface area contributed by atoms with E-state index in [2.05, 4.69) is 6.19 Å².